The number of nitrogen functional groups attached to an aromatic ring is 1. The molecule has 0 aliphatic heterocycles. The first-order valence-corrected chi connectivity index (χ1v) is 5.45. The van der Waals surface area contributed by atoms with Crippen molar-refractivity contribution >= 4 is 17.6 Å². The number of nitrogens with zero attached hydrogens (tertiary/aromatic N) is 1. The average molecular weight is 214 g/mol. The number of nitrogens with two attached hydrogens (primary N) is 1. The lowest BCUT2D eigenvalue weighted by molar-refractivity contribution is 0.113. The Balaban J connectivity index is 2.28. The van der Waals surface area contributed by atoms with Gasteiger partial charge >= 0.3 is 0 Å². The van der Waals surface area contributed by atoms with E-state index in [4.69, 9.17) is 15.9 Å². The van der Waals surface area contributed by atoms with Crippen LogP contribution < -0.4 is 5.73 Å². The summed E-state index contributed by atoms with van der Waals surface area (Å²) in [6.07, 6.45) is 1.08. The van der Waals surface area contributed by atoms with Gasteiger partial charge in [-0.25, -0.2) is 4.98 Å². The number of aliphatic hydroxyl groups is 2. The van der Waals surface area contributed by atoms with Crippen molar-refractivity contribution in [3.05, 3.63) is 23.9 Å². The van der Waals surface area contributed by atoms with Crippen LogP contribution in [0.2, 0.25) is 0 Å². The van der Waals surface area contributed by atoms with Gasteiger partial charge in [-0.15, -0.1) is 0 Å². The molecule has 1 aromatic heterocycles. The quantitative estimate of drug-likeness (QED) is 0.655. The van der Waals surface area contributed by atoms with Crippen molar-refractivity contribution < 1.29 is 10.2 Å². The molecule has 0 spiro atoms. The molecule has 0 amide bonds. The van der Waals surface area contributed by atoms with Crippen LogP contribution in [0.15, 0.2) is 18.3 Å². The summed E-state index contributed by atoms with van der Waals surface area (Å²) in [5.74, 6) is 1.81. The number of pyridine rings is 1. The minimum absolute atomic E-state index is 0.188. The Labute approximate surface area is 87.2 Å². The molecule has 1 aromatic rings. The Bertz CT molecular complexity index is 266. The van der Waals surface area contributed by atoms with Gasteiger partial charge < -0.3 is 15.9 Å². The van der Waals surface area contributed by atoms with Crippen LogP contribution in [0.5, 0.6) is 0 Å². The number of thioether (sulfide) groups is 1. The number of hydrogen-bond donors (Lipinski definition) is 3. The molecule has 1 atom stereocenters. The van der Waals surface area contributed by atoms with E-state index in [0.29, 0.717) is 11.6 Å². The Morgan fingerprint density at radius 2 is 2.29 bits per heavy atom. The number of anilines is 1. The zero-order chi connectivity index (χ0) is 10.4. The van der Waals surface area contributed by atoms with Crippen LogP contribution in [0.4, 0.5) is 5.82 Å². The minimum atomic E-state index is -0.637. The lowest BCUT2D eigenvalue weighted by Crippen LogP contribution is -2.14. The predicted molar refractivity (Wildman–Crippen MR) is 57.9 cm³/mol. The van der Waals surface area contributed by atoms with Gasteiger partial charge in [0.25, 0.3) is 0 Å². The van der Waals surface area contributed by atoms with Gasteiger partial charge in [-0.05, 0) is 11.6 Å². The molecule has 4 N–H and O–H groups in total. The first-order chi connectivity index (χ1) is 6.72. The van der Waals surface area contributed by atoms with Crippen LogP contribution in [0.1, 0.15) is 5.56 Å². The summed E-state index contributed by atoms with van der Waals surface area (Å²) in [7, 11) is 0. The summed E-state index contributed by atoms with van der Waals surface area (Å²) in [6, 6.07) is 3.65. The van der Waals surface area contributed by atoms with Gasteiger partial charge in [0.2, 0.25) is 0 Å². The smallest absolute Gasteiger partial charge is 0.123 e. The van der Waals surface area contributed by atoms with Crippen molar-refractivity contribution in [3.8, 4) is 0 Å². The number of aliphatic hydroxyl groups excluding tert-OH is 2. The molecular weight excluding hydrogens is 200 g/mol. The van der Waals surface area contributed by atoms with E-state index in [2.05, 4.69) is 4.98 Å². The molecule has 0 bridgehead atoms. The number of aromatic nitrogens is 1. The molecule has 0 aliphatic rings. The van der Waals surface area contributed by atoms with Crippen molar-refractivity contribution in [3.63, 3.8) is 0 Å². The molecule has 0 fully saturated rings. The van der Waals surface area contributed by atoms with Crippen LogP contribution in [0.3, 0.4) is 0 Å². The molecule has 5 heteroatoms. The van der Waals surface area contributed by atoms with Crippen LogP contribution in [0.25, 0.3) is 0 Å². The second kappa shape index (κ2) is 5.85. The van der Waals surface area contributed by atoms with Crippen LogP contribution in [-0.4, -0.2) is 33.7 Å². The average Bonchev–Trinajstić information content (AvgIpc) is 2.21. The molecule has 0 aromatic carbocycles. The molecule has 0 saturated heterocycles. The second-order valence-corrected chi connectivity index (χ2v) is 3.97. The highest BCUT2D eigenvalue weighted by atomic mass is 32.2. The molecule has 0 saturated carbocycles. The van der Waals surface area contributed by atoms with E-state index in [1.807, 2.05) is 6.07 Å². The lowest BCUT2D eigenvalue weighted by atomic mass is 10.3. The maximum Gasteiger partial charge on any atom is 0.123 e. The molecule has 4 nitrogen and oxygen atoms in total. The normalized spacial score (nSPS) is 12.7. The Morgan fingerprint density at radius 1 is 1.50 bits per heavy atom. The Hall–Kier alpha value is -0.780. The Morgan fingerprint density at radius 3 is 2.86 bits per heavy atom. The maximum atomic E-state index is 9.07. The van der Waals surface area contributed by atoms with Crippen LogP contribution in [-0.2, 0) is 5.75 Å². The van der Waals surface area contributed by atoms with Gasteiger partial charge in [-0.1, -0.05) is 6.07 Å². The van der Waals surface area contributed by atoms with Gasteiger partial charge in [0.05, 0.1) is 12.7 Å². The molecule has 0 aliphatic carbocycles. The summed E-state index contributed by atoms with van der Waals surface area (Å²) in [5, 5.41) is 17.6. The fraction of sp³-hybridized carbons (Fsp3) is 0.444. The molecule has 78 valence electrons. The summed E-state index contributed by atoms with van der Waals surface area (Å²) >= 11 is 1.55. The van der Waals surface area contributed by atoms with Gasteiger partial charge in [-0.2, -0.15) is 11.8 Å². The third-order valence-corrected chi connectivity index (χ3v) is 2.80. The van der Waals surface area contributed by atoms with Crippen LogP contribution >= 0.6 is 11.8 Å². The predicted octanol–water partition coefficient (Wildman–Crippen LogP) is 0.250. The van der Waals surface area contributed by atoms with Crippen molar-refractivity contribution in [2.45, 2.75) is 11.9 Å². The van der Waals surface area contributed by atoms with Gasteiger partial charge in [0.1, 0.15) is 5.82 Å². The van der Waals surface area contributed by atoms with E-state index >= 15 is 0 Å². The second-order valence-electron chi connectivity index (χ2n) is 2.94. The zero-order valence-electron chi connectivity index (χ0n) is 7.76. The summed E-state index contributed by atoms with van der Waals surface area (Å²) in [4.78, 5) is 3.95. The van der Waals surface area contributed by atoms with Gasteiger partial charge in [-0.3, -0.25) is 0 Å². The Kier molecular flexibility index (Phi) is 4.72. The number of rotatable bonds is 5. The third kappa shape index (κ3) is 3.95. The van der Waals surface area contributed by atoms with E-state index in [9.17, 15) is 0 Å². The highest BCUT2D eigenvalue weighted by molar-refractivity contribution is 7.98. The standard InChI is InChI=1S/C9H14N2O2S/c10-9-2-1-7(3-11-9)5-14-6-8(13)4-12/h1-3,8,12-13H,4-6H2,(H2,10,11). The molecule has 1 heterocycles. The zero-order valence-corrected chi connectivity index (χ0v) is 8.57. The topological polar surface area (TPSA) is 79.4 Å². The molecule has 1 rings (SSSR count). The van der Waals surface area contributed by atoms with Crippen molar-refractivity contribution in [2.24, 2.45) is 0 Å². The van der Waals surface area contributed by atoms with E-state index < -0.39 is 6.10 Å². The fourth-order valence-electron chi connectivity index (χ4n) is 0.887. The van der Waals surface area contributed by atoms with E-state index in [1.165, 1.54) is 0 Å². The van der Waals surface area contributed by atoms with Crippen molar-refractivity contribution in [2.75, 3.05) is 18.1 Å². The largest absolute Gasteiger partial charge is 0.394 e. The van der Waals surface area contributed by atoms with Gasteiger partial charge in [0.15, 0.2) is 0 Å². The maximum absolute atomic E-state index is 9.07. The highest BCUT2D eigenvalue weighted by Crippen LogP contribution is 2.12. The first kappa shape index (κ1) is 11.3. The van der Waals surface area contributed by atoms with Crippen molar-refractivity contribution in [1.82, 2.24) is 4.98 Å². The lowest BCUT2D eigenvalue weighted by Gasteiger charge is -2.06. The van der Waals surface area contributed by atoms with E-state index in [1.54, 1.807) is 24.0 Å². The third-order valence-electron chi connectivity index (χ3n) is 1.64. The summed E-state index contributed by atoms with van der Waals surface area (Å²) < 4.78 is 0. The van der Waals surface area contributed by atoms with Crippen molar-refractivity contribution in [1.29, 1.82) is 0 Å². The monoisotopic (exact) mass is 214 g/mol. The molecule has 1 unspecified atom stereocenters. The van der Waals surface area contributed by atoms with E-state index in [0.717, 1.165) is 11.3 Å². The summed E-state index contributed by atoms with van der Waals surface area (Å²) in [5.41, 5.74) is 6.50. The van der Waals surface area contributed by atoms with E-state index in [-0.39, 0.29) is 6.61 Å². The number of hydrogen-bond acceptors (Lipinski definition) is 5. The fourth-order valence-corrected chi connectivity index (χ4v) is 1.79. The first-order valence-electron chi connectivity index (χ1n) is 4.29. The molecular formula is C9H14N2O2S. The minimum Gasteiger partial charge on any atom is -0.394 e. The SMILES string of the molecule is Nc1ccc(CSCC(O)CO)cn1. The molecule has 14 heavy (non-hydrogen) atoms. The molecule has 0 radical (unpaired) electrons. The summed E-state index contributed by atoms with van der Waals surface area (Å²) in [6.45, 7) is -0.188. The highest BCUT2D eigenvalue weighted by Gasteiger charge is 2.01. The van der Waals surface area contributed by atoms with Gasteiger partial charge in [0, 0.05) is 17.7 Å². The van der Waals surface area contributed by atoms with Crippen LogP contribution in [0, 0.1) is 0 Å².